The highest BCUT2D eigenvalue weighted by Crippen LogP contribution is 2.18. The molecule has 0 heterocycles. The number of hydrogen-bond donors (Lipinski definition) is 1. The first-order valence-corrected chi connectivity index (χ1v) is 3.61. The molecule has 0 saturated heterocycles. The third-order valence-electron chi connectivity index (χ3n) is 1.50. The summed E-state index contributed by atoms with van der Waals surface area (Å²) in [6.07, 6.45) is 1.24. The molecule has 1 aromatic rings. The van der Waals surface area contributed by atoms with Crippen molar-refractivity contribution in [1.82, 2.24) is 0 Å². The summed E-state index contributed by atoms with van der Waals surface area (Å²) in [6, 6.07) is 6.57. The van der Waals surface area contributed by atoms with Gasteiger partial charge in [0.2, 0.25) is 6.08 Å². The fourth-order valence-corrected chi connectivity index (χ4v) is 0.981. The number of isocyanates is 1. The minimum atomic E-state index is -0.950. The van der Waals surface area contributed by atoms with E-state index in [0.717, 1.165) is 0 Å². The standard InChI is InChI=1S/C9H7NO3/c11-6-10-8-4-2-1-3-7(8)5-9(12)13/h1-4H,5H2,(H,12,13). The Morgan fingerprint density at radius 3 is 2.77 bits per heavy atom. The van der Waals surface area contributed by atoms with Gasteiger partial charge in [-0.05, 0) is 11.6 Å². The average molecular weight is 177 g/mol. The molecule has 0 saturated carbocycles. The van der Waals surface area contributed by atoms with Crippen LogP contribution in [-0.4, -0.2) is 17.2 Å². The Labute approximate surface area is 74.5 Å². The average Bonchev–Trinajstić information content (AvgIpc) is 2.08. The maximum atomic E-state index is 10.4. The van der Waals surface area contributed by atoms with Crippen LogP contribution in [0.5, 0.6) is 0 Å². The molecule has 0 aromatic heterocycles. The van der Waals surface area contributed by atoms with E-state index in [1.807, 2.05) is 0 Å². The summed E-state index contributed by atoms with van der Waals surface area (Å²) < 4.78 is 0. The lowest BCUT2D eigenvalue weighted by Gasteiger charge is -1.99. The van der Waals surface area contributed by atoms with Crippen LogP contribution in [0.3, 0.4) is 0 Å². The minimum Gasteiger partial charge on any atom is -0.481 e. The number of aliphatic carboxylic acids is 1. The quantitative estimate of drug-likeness (QED) is 0.558. The maximum Gasteiger partial charge on any atom is 0.307 e. The molecule has 0 radical (unpaired) electrons. The molecule has 4 nitrogen and oxygen atoms in total. The molecule has 0 fully saturated rings. The molecule has 1 rings (SSSR count). The van der Waals surface area contributed by atoms with Crippen molar-refractivity contribution in [1.29, 1.82) is 0 Å². The Kier molecular flexibility index (Phi) is 2.95. The van der Waals surface area contributed by atoms with Crippen molar-refractivity contribution in [3.05, 3.63) is 29.8 Å². The lowest BCUT2D eigenvalue weighted by Crippen LogP contribution is -1.99. The molecule has 0 aliphatic rings. The van der Waals surface area contributed by atoms with E-state index < -0.39 is 5.97 Å². The zero-order chi connectivity index (χ0) is 9.68. The molecule has 0 unspecified atom stereocenters. The second kappa shape index (κ2) is 4.18. The van der Waals surface area contributed by atoms with Crippen LogP contribution >= 0.6 is 0 Å². The highest BCUT2D eigenvalue weighted by Gasteiger charge is 2.04. The van der Waals surface area contributed by atoms with Crippen LogP contribution < -0.4 is 0 Å². The van der Waals surface area contributed by atoms with Crippen molar-refractivity contribution in [3.63, 3.8) is 0 Å². The molecule has 1 N–H and O–H groups in total. The van der Waals surface area contributed by atoms with E-state index in [1.54, 1.807) is 24.3 Å². The number of carboxylic acid groups (broad SMARTS) is 1. The number of aliphatic imine (C=N–C) groups is 1. The molecule has 0 aliphatic heterocycles. The fraction of sp³-hybridized carbons (Fsp3) is 0.111. The van der Waals surface area contributed by atoms with Crippen LogP contribution in [0, 0.1) is 0 Å². The molecule has 0 amide bonds. The third-order valence-corrected chi connectivity index (χ3v) is 1.50. The molecule has 0 bridgehead atoms. The number of carbonyl (C=O) groups is 1. The lowest BCUT2D eigenvalue weighted by atomic mass is 10.1. The Bertz CT molecular complexity index is 367. The van der Waals surface area contributed by atoms with Crippen LogP contribution in [0.2, 0.25) is 0 Å². The van der Waals surface area contributed by atoms with Crippen molar-refractivity contribution >= 4 is 17.7 Å². The minimum absolute atomic E-state index is 0.138. The Morgan fingerprint density at radius 2 is 2.15 bits per heavy atom. The van der Waals surface area contributed by atoms with Crippen LogP contribution in [0.1, 0.15) is 5.56 Å². The van der Waals surface area contributed by atoms with E-state index in [-0.39, 0.29) is 6.42 Å². The smallest absolute Gasteiger partial charge is 0.307 e. The number of carbonyl (C=O) groups excluding carboxylic acids is 1. The van der Waals surface area contributed by atoms with E-state index in [4.69, 9.17) is 5.11 Å². The summed E-state index contributed by atoms with van der Waals surface area (Å²) in [5, 5.41) is 8.52. The van der Waals surface area contributed by atoms with Crippen molar-refractivity contribution in [2.45, 2.75) is 6.42 Å². The highest BCUT2D eigenvalue weighted by atomic mass is 16.4. The zero-order valence-electron chi connectivity index (χ0n) is 6.73. The van der Waals surface area contributed by atoms with Crippen molar-refractivity contribution < 1.29 is 14.7 Å². The van der Waals surface area contributed by atoms with E-state index in [1.165, 1.54) is 6.08 Å². The number of hydrogen-bond acceptors (Lipinski definition) is 3. The normalized spacial score (nSPS) is 8.92. The van der Waals surface area contributed by atoms with Gasteiger partial charge in [0.1, 0.15) is 0 Å². The predicted octanol–water partition coefficient (Wildman–Crippen LogP) is 1.28. The largest absolute Gasteiger partial charge is 0.481 e. The van der Waals surface area contributed by atoms with Gasteiger partial charge in [0, 0.05) is 0 Å². The first-order chi connectivity index (χ1) is 6.24. The van der Waals surface area contributed by atoms with Gasteiger partial charge >= 0.3 is 5.97 Å². The van der Waals surface area contributed by atoms with Gasteiger partial charge in [0.25, 0.3) is 0 Å². The molecule has 66 valence electrons. The molecule has 0 aliphatic carbocycles. The van der Waals surface area contributed by atoms with E-state index in [0.29, 0.717) is 11.3 Å². The van der Waals surface area contributed by atoms with Gasteiger partial charge in [0.05, 0.1) is 12.1 Å². The number of rotatable bonds is 3. The fourth-order valence-electron chi connectivity index (χ4n) is 0.981. The molecule has 4 heteroatoms. The van der Waals surface area contributed by atoms with Gasteiger partial charge in [-0.2, -0.15) is 4.99 Å². The number of carboxylic acids is 1. The molecule has 13 heavy (non-hydrogen) atoms. The number of nitrogens with zero attached hydrogens (tertiary/aromatic N) is 1. The Balaban J connectivity index is 3.04. The Morgan fingerprint density at radius 1 is 1.46 bits per heavy atom. The summed E-state index contributed by atoms with van der Waals surface area (Å²) in [5.74, 6) is -0.950. The monoisotopic (exact) mass is 177 g/mol. The SMILES string of the molecule is O=C=Nc1ccccc1CC(=O)O. The second-order valence-corrected chi connectivity index (χ2v) is 2.40. The van der Waals surface area contributed by atoms with Crippen LogP contribution in [0.15, 0.2) is 29.3 Å². The zero-order valence-corrected chi connectivity index (χ0v) is 6.73. The Hall–Kier alpha value is -1.93. The molecular formula is C9H7NO3. The first kappa shape index (κ1) is 9.16. The van der Waals surface area contributed by atoms with Crippen molar-refractivity contribution in [2.75, 3.05) is 0 Å². The molecule has 1 aromatic carbocycles. The van der Waals surface area contributed by atoms with Crippen LogP contribution in [-0.2, 0) is 16.0 Å². The van der Waals surface area contributed by atoms with Crippen LogP contribution in [0.4, 0.5) is 5.69 Å². The third kappa shape index (κ3) is 2.54. The highest BCUT2D eigenvalue weighted by molar-refractivity contribution is 5.73. The maximum absolute atomic E-state index is 10.4. The molecule has 0 spiro atoms. The van der Waals surface area contributed by atoms with Gasteiger partial charge in [-0.15, -0.1) is 0 Å². The number of para-hydroxylation sites is 1. The van der Waals surface area contributed by atoms with E-state index in [2.05, 4.69) is 4.99 Å². The molecule has 0 atom stereocenters. The lowest BCUT2D eigenvalue weighted by molar-refractivity contribution is -0.136. The van der Waals surface area contributed by atoms with Crippen molar-refractivity contribution in [2.24, 2.45) is 4.99 Å². The topological polar surface area (TPSA) is 66.7 Å². The first-order valence-electron chi connectivity index (χ1n) is 3.61. The van der Waals surface area contributed by atoms with E-state index in [9.17, 15) is 9.59 Å². The summed E-state index contributed by atoms with van der Waals surface area (Å²) in [7, 11) is 0. The van der Waals surface area contributed by atoms with Gasteiger partial charge < -0.3 is 5.11 Å². The van der Waals surface area contributed by atoms with Crippen LogP contribution in [0.25, 0.3) is 0 Å². The second-order valence-electron chi connectivity index (χ2n) is 2.40. The number of benzene rings is 1. The summed E-state index contributed by atoms with van der Waals surface area (Å²) >= 11 is 0. The van der Waals surface area contributed by atoms with Gasteiger partial charge in [-0.3, -0.25) is 4.79 Å². The van der Waals surface area contributed by atoms with Gasteiger partial charge in [-0.1, -0.05) is 18.2 Å². The van der Waals surface area contributed by atoms with Gasteiger partial charge in [-0.25, -0.2) is 4.79 Å². The van der Waals surface area contributed by atoms with Crippen molar-refractivity contribution in [3.8, 4) is 0 Å². The summed E-state index contributed by atoms with van der Waals surface area (Å²) in [5.41, 5.74) is 0.873. The summed E-state index contributed by atoms with van der Waals surface area (Å²) in [6.45, 7) is 0. The molecular weight excluding hydrogens is 170 g/mol. The predicted molar refractivity (Wildman–Crippen MR) is 45.6 cm³/mol. The van der Waals surface area contributed by atoms with E-state index >= 15 is 0 Å². The summed E-state index contributed by atoms with van der Waals surface area (Å²) in [4.78, 5) is 23.7. The van der Waals surface area contributed by atoms with Gasteiger partial charge in [0.15, 0.2) is 0 Å².